The van der Waals surface area contributed by atoms with E-state index >= 15 is 0 Å². The van der Waals surface area contributed by atoms with Crippen LogP contribution in [0.1, 0.15) is 11.1 Å². The van der Waals surface area contributed by atoms with Crippen LogP contribution in [0.5, 0.6) is 0 Å². The lowest BCUT2D eigenvalue weighted by Gasteiger charge is -2.11. The number of aliphatic hydroxyl groups excluding tert-OH is 1. The molecule has 0 radical (unpaired) electrons. The fourth-order valence-electron chi connectivity index (χ4n) is 2.31. The molecule has 1 heterocycles. The molecule has 0 aliphatic rings. The Hall–Kier alpha value is -2.64. The van der Waals surface area contributed by atoms with Gasteiger partial charge in [-0.05, 0) is 42.8 Å². The van der Waals surface area contributed by atoms with Crippen LogP contribution in [0.25, 0.3) is 11.3 Å². The average molecular weight is 344 g/mol. The molecule has 124 valence electrons. The first-order chi connectivity index (χ1) is 11.5. The van der Waals surface area contributed by atoms with E-state index in [-0.39, 0.29) is 11.5 Å². The maximum atomic E-state index is 12.4. The molecule has 2 N–H and O–H groups in total. The molecular formula is C17H16N2O4S. The second-order valence-corrected chi connectivity index (χ2v) is 7.00. The SMILES string of the molecule is Cc1ccc(S(=O)(=O)Nc2ccc(-c3cnco3)c(CO)c2)cc1. The quantitative estimate of drug-likeness (QED) is 0.742. The fourth-order valence-corrected chi connectivity index (χ4v) is 3.36. The Labute approximate surface area is 139 Å². The van der Waals surface area contributed by atoms with Gasteiger partial charge in [-0.3, -0.25) is 4.72 Å². The summed E-state index contributed by atoms with van der Waals surface area (Å²) in [6.07, 6.45) is 2.83. The lowest BCUT2D eigenvalue weighted by molar-refractivity contribution is 0.282. The Morgan fingerprint density at radius 3 is 2.54 bits per heavy atom. The van der Waals surface area contributed by atoms with Crippen molar-refractivity contribution in [2.45, 2.75) is 18.4 Å². The molecule has 2 aromatic carbocycles. The van der Waals surface area contributed by atoms with Crippen LogP contribution in [0.3, 0.4) is 0 Å². The molecule has 0 bridgehead atoms. The van der Waals surface area contributed by atoms with Crippen LogP contribution in [0, 0.1) is 6.92 Å². The maximum Gasteiger partial charge on any atom is 0.261 e. The van der Waals surface area contributed by atoms with Crippen LogP contribution in [0.15, 0.2) is 64.4 Å². The summed E-state index contributed by atoms with van der Waals surface area (Å²) in [6, 6.07) is 11.4. The zero-order chi connectivity index (χ0) is 17.2. The molecular weight excluding hydrogens is 328 g/mol. The van der Waals surface area contributed by atoms with E-state index in [1.54, 1.807) is 42.5 Å². The molecule has 6 nitrogen and oxygen atoms in total. The molecule has 24 heavy (non-hydrogen) atoms. The van der Waals surface area contributed by atoms with Crippen molar-refractivity contribution in [3.63, 3.8) is 0 Å². The van der Waals surface area contributed by atoms with Crippen LogP contribution in [-0.2, 0) is 16.6 Å². The van der Waals surface area contributed by atoms with Gasteiger partial charge in [-0.25, -0.2) is 13.4 Å². The summed E-state index contributed by atoms with van der Waals surface area (Å²) < 4.78 is 32.6. The van der Waals surface area contributed by atoms with Crippen LogP contribution in [0.2, 0.25) is 0 Å². The van der Waals surface area contributed by atoms with Gasteiger partial charge >= 0.3 is 0 Å². The van der Waals surface area contributed by atoms with Gasteiger partial charge in [0.2, 0.25) is 0 Å². The lowest BCUT2D eigenvalue weighted by atomic mass is 10.1. The minimum Gasteiger partial charge on any atom is -0.444 e. The third kappa shape index (κ3) is 3.32. The zero-order valence-electron chi connectivity index (χ0n) is 12.9. The minimum absolute atomic E-state index is 0.179. The smallest absolute Gasteiger partial charge is 0.261 e. The first kappa shape index (κ1) is 16.2. The van der Waals surface area contributed by atoms with Gasteiger partial charge in [0, 0.05) is 11.3 Å². The van der Waals surface area contributed by atoms with Gasteiger partial charge in [0.25, 0.3) is 10.0 Å². The number of anilines is 1. The topological polar surface area (TPSA) is 92.4 Å². The van der Waals surface area contributed by atoms with Gasteiger partial charge in [0.1, 0.15) is 0 Å². The van der Waals surface area contributed by atoms with Crippen molar-refractivity contribution in [1.82, 2.24) is 4.98 Å². The van der Waals surface area contributed by atoms with E-state index in [0.29, 0.717) is 22.6 Å². The van der Waals surface area contributed by atoms with Crippen molar-refractivity contribution in [1.29, 1.82) is 0 Å². The second-order valence-electron chi connectivity index (χ2n) is 5.31. The molecule has 3 rings (SSSR count). The summed E-state index contributed by atoms with van der Waals surface area (Å²) in [5.41, 5.74) is 2.54. The van der Waals surface area contributed by atoms with Gasteiger partial charge in [0.05, 0.1) is 17.7 Å². The normalized spacial score (nSPS) is 11.4. The number of rotatable bonds is 5. The van der Waals surface area contributed by atoms with Crippen molar-refractivity contribution in [2.24, 2.45) is 0 Å². The van der Waals surface area contributed by atoms with Crippen LogP contribution >= 0.6 is 0 Å². The molecule has 0 unspecified atom stereocenters. The predicted octanol–water partition coefficient (Wildman–Crippen LogP) is 2.94. The molecule has 0 saturated heterocycles. The number of aryl methyl sites for hydroxylation is 1. The standard InChI is InChI=1S/C17H16N2O4S/c1-12-2-5-15(6-3-12)24(21,22)19-14-4-7-16(13(8-14)10-20)17-9-18-11-23-17/h2-9,11,19-20H,10H2,1H3. The summed E-state index contributed by atoms with van der Waals surface area (Å²) in [5.74, 6) is 0.506. The molecule has 0 fully saturated rings. The highest BCUT2D eigenvalue weighted by Crippen LogP contribution is 2.27. The second kappa shape index (κ2) is 6.46. The number of benzene rings is 2. The van der Waals surface area contributed by atoms with Gasteiger partial charge in [-0.1, -0.05) is 17.7 Å². The molecule has 0 saturated carbocycles. The highest BCUT2D eigenvalue weighted by molar-refractivity contribution is 7.92. The van der Waals surface area contributed by atoms with Crippen LogP contribution in [-0.4, -0.2) is 18.5 Å². The van der Waals surface area contributed by atoms with E-state index in [0.717, 1.165) is 5.56 Å². The predicted molar refractivity (Wildman–Crippen MR) is 89.8 cm³/mol. The largest absolute Gasteiger partial charge is 0.444 e. The Kier molecular flexibility index (Phi) is 4.37. The number of sulfonamides is 1. The van der Waals surface area contributed by atoms with E-state index in [1.807, 2.05) is 6.92 Å². The van der Waals surface area contributed by atoms with Gasteiger partial charge in [0.15, 0.2) is 12.2 Å². The zero-order valence-corrected chi connectivity index (χ0v) is 13.7. The summed E-state index contributed by atoms with van der Waals surface area (Å²) in [5, 5.41) is 9.55. The van der Waals surface area contributed by atoms with Crippen LogP contribution < -0.4 is 4.72 Å². The Bertz CT molecular complexity index is 933. The summed E-state index contributed by atoms with van der Waals surface area (Å²) in [6.45, 7) is 1.63. The van der Waals surface area contributed by atoms with E-state index in [9.17, 15) is 13.5 Å². The molecule has 0 atom stereocenters. The van der Waals surface area contributed by atoms with Crippen molar-refractivity contribution in [3.05, 3.63) is 66.2 Å². The summed E-state index contributed by atoms with van der Waals surface area (Å²) in [4.78, 5) is 4.02. The van der Waals surface area contributed by atoms with Gasteiger partial charge in [-0.15, -0.1) is 0 Å². The van der Waals surface area contributed by atoms with Crippen molar-refractivity contribution < 1.29 is 17.9 Å². The Balaban J connectivity index is 1.91. The highest BCUT2D eigenvalue weighted by atomic mass is 32.2. The van der Waals surface area contributed by atoms with Gasteiger partial charge < -0.3 is 9.52 Å². The number of hydrogen-bond acceptors (Lipinski definition) is 5. The number of oxazole rings is 1. The van der Waals surface area contributed by atoms with Crippen LogP contribution in [0.4, 0.5) is 5.69 Å². The third-order valence-electron chi connectivity index (χ3n) is 3.56. The minimum atomic E-state index is -3.69. The number of aliphatic hydroxyl groups is 1. The molecule has 0 spiro atoms. The Morgan fingerprint density at radius 1 is 1.17 bits per heavy atom. The average Bonchev–Trinajstić information content (AvgIpc) is 3.09. The van der Waals surface area contributed by atoms with Gasteiger partial charge in [-0.2, -0.15) is 0 Å². The number of nitrogens with zero attached hydrogens (tertiary/aromatic N) is 1. The molecule has 0 aliphatic heterocycles. The first-order valence-corrected chi connectivity index (χ1v) is 8.70. The van der Waals surface area contributed by atoms with Crippen molar-refractivity contribution >= 4 is 15.7 Å². The fraction of sp³-hybridized carbons (Fsp3) is 0.118. The number of nitrogens with one attached hydrogen (secondary N) is 1. The molecule has 3 aromatic rings. The van der Waals surface area contributed by atoms with Crippen molar-refractivity contribution in [2.75, 3.05) is 4.72 Å². The molecule has 0 aliphatic carbocycles. The highest BCUT2D eigenvalue weighted by Gasteiger charge is 2.15. The first-order valence-electron chi connectivity index (χ1n) is 7.22. The number of hydrogen-bond donors (Lipinski definition) is 2. The summed E-state index contributed by atoms with van der Waals surface area (Å²) >= 11 is 0. The monoisotopic (exact) mass is 344 g/mol. The van der Waals surface area contributed by atoms with E-state index in [2.05, 4.69) is 9.71 Å². The van der Waals surface area contributed by atoms with Crippen molar-refractivity contribution in [3.8, 4) is 11.3 Å². The third-order valence-corrected chi connectivity index (χ3v) is 4.95. The van der Waals surface area contributed by atoms with E-state index in [4.69, 9.17) is 4.42 Å². The van der Waals surface area contributed by atoms with E-state index < -0.39 is 10.0 Å². The molecule has 1 aromatic heterocycles. The summed E-state index contributed by atoms with van der Waals surface area (Å²) in [7, 11) is -3.69. The number of aromatic nitrogens is 1. The molecule has 0 amide bonds. The van der Waals surface area contributed by atoms with E-state index in [1.165, 1.54) is 12.6 Å². The maximum absolute atomic E-state index is 12.4. The lowest BCUT2D eigenvalue weighted by Crippen LogP contribution is -2.13. The Morgan fingerprint density at radius 2 is 1.92 bits per heavy atom. The molecule has 7 heteroatoms.